The van der Waals surface area contributed by atoms with E-state index >= 15 is 0 Å². The molecular formula is C2H7O4P. The van der Waals surface area contributed by atoms with Crippen LogP contribution in [0.3, 0.4) is 0 Å². The van der Waals surface area contributed by atoms with Crippen LogP contribution in [0, 0.1) is 0 Å². The van der Waals surface area contributed by atoms with Crippen molar-refractivity contribution in [3.63, 3.8) is 0 Å². The van der Waals surface area contributed by atoms with E-state index in [-0.39, 0.29) is 0 Å². The molecule has 0 aromatic heterocycles. The fourth-order valence-corrected chi connectivity index (χ4v) is 0.224. The van der Waals surface area contributed by atoms with Crippen LogP contribution in [-0.2, 0) is 13.6 Å². The van der Waals surface area contributed by atoms with Crippen LogP contribution in [0.15, 0.2) is 0 Å². The Balaban J connectivity index is 3.61. The molecule has 0 fully saturated rings. The van der Waals surface area contributed by atoms with Crippen LogP contribution >= 0.6 is 7.82 Å². The highest BCUT2D eigenvalue weighted by Gasteiger charge is 2.13. The van der Waals surface area contributed by atoms with Gasteiger partial charge in [0.1, 0.15) is 0 Å². The van der Waals surface area contributed by atoms with Gasteiger partial charge in [-0.1, -0.05) is 0 Å². The molecule has 0 unspecified atom stereocenters. The summed E-state index contributed by atoms with van der Waals surface area (Å²) in [5.41, 5.74) is 0. The second-order valence-electron chi connectivity index (χ2n) is 0.834. The maximum atomic E-state index is 10.1. The molecule has 0 saturated carbocycles. The minimum Gasteiger partial charge on any atom is -0.303 e. The molecule has 1 N–H and O–H groups in total. The molecule has 0 aromatic rings. The third-order valence-electron chi connectivity index (χ3n) is 0.461. The summed E-state index contributed by atoms with van der Waals surface area (Å²) in [6.45, 7) is 0. The Labute approximate surface area is 41.7 Å². The predicted molar refractivity (Wildman–Crippen MR) is 23.8 cm³/mol. The van der Waals surface area contributed by atoms with E-state index in [0.29, 0.717) is 0 Å². The fraction of sp³-hybridized carbons (Fsp3) is 1.00. The number of hydrogen-bond acceptors (Lipinski definition) is 3. The van der Waals surface area contributed by atoms with Crippen molar-refractivity contribution in [1.82, 2.24) is 0 Å². The molecule has 5 heteroatoms. The third kappa shape index (κ3) is 2.76. The lowest BCUT2D eigenvalue weighted by atomic mass is 12.7. The zero-order valence-electron chi connectivity index (χ0n) is 4.12. The molecule has 0 spiro atoms. The Morgan fingerprint density at radius 1 is 1.43 bits per heavy atom. The van der Waals surface area contributed by atoms with Crippen LogP contribution in [0.25, 0.3) is 0 Å². The molecule has 0 heterocycles. The summed E-state index contributed by atoms with van der Waals surface area (Å²) in [5.74, 6) is 0. The lowest BCUT2D eigenvalue weighted by Gasteiger charge is -2.01. The molecule has 0 rings (SSSR count). The summed E-state index contributed by atoms with van der Waals surface area (Å²) < 4.78 is 18.0. The van der Waals surface area contributed by atoms with Crippen molar-refractivity contribution in [2.75, 3.05) is 14.2 Å². The van der Waals surface area contributed by atoms with Crippen LogP contribution in [0.5, 0.6) is 0 Å². The maximum Gasteiger partial charge on any atom is 0.471 e. The second-order valence-corrected chi connectivity index (χ2v) is 2.50. The summed E-state index contributed by atoms with van der Waals surface area (Å²) in [5, 5.41) is 0. The summed E-state index contributed by atoms with van der Waals surface area (Å²) in [6, 6.07) is 0. The Bertz CT molecular complexity index is 81.7. The first-order valence-corrected chi connectivity index (χ1v) is 3.06. The second kappa shape index (κ2) is 2.43. The zero-order valence-corrected chi connectivity index (χ0v) is 5.01. The highest BCUT2D eigenvalue weighted by Crippen LogP contribution is 2.40. The van der Waals surface area contributed by atoms with E-state index in [1.165, 1.54) is 0 Å². The number of hydrogen-bond donors (Lipinski definition) is 1. The molecule has 0 aliphatic rings. The average molecular weight is 128 g/mol. The van der Waals surface area contributed by atoms with Gasteiger partial charge in [-0.3, -0.25) is 9.05 Å². The number of phosphoric acid groups is 1. The van der Waals surface area contributed by atoms with Crippen molar-refractivity contribution in [3.8, 4) is 0 Å². The van der Waals surface area contributed by atoms with E-state index in [9.17, 15) is 4.57 Å². The third-order valence-corrected chi connectivity index (χ3v) is 1.38. The molecule has 0 saturated heterocycles. The Morgan fingerprint density at radius 2 is 1.71 bits per heavy atom. The van der Waals surface area contributed by atoms with Crippen LogP contribution < -0.4 is 0 Å². The fourth-order valence-electron chi connectivity index (χ4n) is 0.0745. The van der Waals surface area contributed by atoms with Gasteiger partial charge in [0.05, 0.1) is 0 Å². The Morgan fingerprint density at radius 3 is 1.71 bits per heavy atom. The molecule has 0 aromatic carbocycles. The van der Waals surface area contributed by atoms with Gasteiger partial charge in [0, 0.05) is 14.2 Å². The summed E-state index contributed by atoms with van der Waals surface area (Å²) >= 11 is 0. The molecule has 4 nitrogen and oxygen atoms in total. The van der Waals surface area contributed by atoms with Crippen LogP contribution in [-0.4, -0.2) is 19.1 Å². The standard InChI is InChI=1S/C2H7O4P/c1-5-7(3,4)6-2/h1-2H3,(H,3,4)/i1+1,2+1. The first-order valence-electron chi connectivity index (χ1n) is 1.56. The summed E-state index contributed by atoms with van der Waals surface area (Å²) in [4.78, 5) is 8.24. The topological polar surface area (TPSA) is 55.8 Å². The van der Waals surface area contributed by atoms with Crippen molar-refractivity contribution < 1.29 is 18.5 Å². The zero-order chi connectivity index (χ0) is 5.91. The maximum absolute atomic E-state index is 10.1. The van der Waals surface area contributed by atoms with Gasteiger partial charge < -0.3 is 4.89 Å². The number of rotatable bonds is 2. The largest absolute Gasteiger partial charge is 0.471 e. The van der Waals surface area contributed by atoms with E-state index in [1.807, 2.05) is 0 Å². The van der Waals surface area contributed by atoms with Crippen LogP contribution in [0.1, 0.15) is 0 Å². The molecule has 0 aliphatic carbocycles. The summed E-state index contributed by atoms with van der Waals surface area (Å²) in [6.07, 6.45) is 0. The minimum atomic E-state index is -3.65. The van der Waals surface area contributed by atoms with E-state index in [0.717, 1.165) is 14.2 Å². The molecule has 0 radical (unpaired) electrons. The monoisotopic (exact) mass is 128 g/mol. The first-order chi connectivity index (χ1) is 3.12. The van der Waals surface area contributed by atoms with Gasteiger partial charge in [-0.15, -0.1) is 0 Å². The molecule has 0 atom stereocenters. The molecule has 0 amide bonds. The Kier molecular flexibility index (Phi) is 2.46. The highest BCUT2D eigenvalue weighted by atomic mass is 31.2. The quantitative estimate of drug-likeness (QED) is 0.431. The molecule has 0 bridgehead atoms. The normalized spacial score (nSPS) is 11.9. The van der Waals surface area contributed by atoms with Crippen molar-refractivity contribution >= 4 is 7.82 Å². The highest BCUT2D eigenvalue weighted by molar-refractivity contribution is 7.47. The van der Waals surface area contributed by atoms with Crippen molar-refractivity contribution in [1.29, 1.82) is 0 Å². The van der Waals surface area contributed by atoms with Crippen molar-refractivity contribution in [3.05, 3.63) is 0 Å². The predicted octanol–water partition coefficient (Wildman–Crippen LogP) is 0.380. The van der Waals surface area contributed by atoms with Crippen molar-refractivity contribution in [2.45, 2.75) is 0 Å². The number of phosphoric ester groups is 1. The van der Waals surface area contributed by atoms with Crippen LogP contribution in [0.2, 0.25) is 0 Å². The molecule has 7 heavy (non-hydrogen) atoms. The first kappa shape index (κ1) is 7.11. The van der Waals surface area contributed by atoms with E-state index in [2.05, 4.69) is 9.05 Å². The smallest absolute Gasteiger partial charge is 0.303 e. The Hall–Kier alpha value is 0.110. The SMILES string of the molecule is [13CH3]OP(=O)(O)O[13CH3]. The van der Waals surface area contributed by atoms with Gasteiger partial charge in [-0.05, 0) is 0 Å². The van der Waals surface area contributed by atoms with Crippen LogP contribution in [0.4, 0.5) is 0 Å². The van der Waals surface area contributed by atoms with Gasteiger partial charge in [-0.2, -0.15) is 0 Å². The van der Waals surface area contributed by atoms with E-state index < -0.39 is 7.82 Å². The lowest BCUT2D eigenvalue weighted by Crippen LogP contribution is -1.83. The van der Waals surface area contributed by atoms with Gasteiger partial charge in [0.25, 0.3) is 0 Å². The van der Waals surface area contributed by atoms with Gasteiger partial charge >= 0.3 is 7.82 Å². The van der Waals surface area contributed by atoms with E-state index in [4.69, 9.17) is 4.89 Å². The van der Waals surface area contributed by atoms with Gasteiger partial charge in [0.2, 0.25) is 0 Å². The molecule has 44 valence electrons. The van der Waals surface area contributed by atoms with E-state index in [1.54, 1.807) is 0 Å². The van der Waals surface area contributed by atoms with Crippen molar-refractivity contribution in [2.24, 2.45) is 0 Å². The lowest BCUT2D eigenvalue weighted by molar-refractivity contribution is 0.204. The minimum absolute atomic E-state index is 1.10. The van der Waals surface area contributed by atoms with Gasteiger partial charge in [0.15, 0.2) is 0 Å². The van der Waals surface area contributed by atoms with Gasteiger partial charge in [-0.25, -0.2) is 4.57 Å². The molecular weight excluding hydrogens is 121 g/mol. The molecule has 0 aliphatic heterocycles. The average Bonchev–Trinajstić information content (AvgIpc) is 1.68. The summed E-state index contributed by atoms with van der Waals surface area (Å²) in [7, 11) is -1.45.